The van der Waals surface area contributed by atoms with Crippen LogP contribution in [0.1, 0.15) is 20.3 Å². The number of hydrogen-bond donors (Lipinski definition) is 0. The first-order valence-corrected chi connectivity index (χ1v) is 5.90. The molecular weight excluding hydrogens is 154 g/mol. The SMILES string of the molecule is CCN1CC(CSC)CC1C. The summed E-state index contributed by atoms with van der Waals surface area (Å²) in [5.74, 6) is 2.31. The van der Waals surface area contributed by atoms with Crippen molar-refractivity contribution < 1.29 is 0 Å². The summed E-state index contributed by atoms with van der Waals surface area (Å²) >= 11 is 1.99. The molecule has 11 heavy (non-hydrogen) atoms. The van der Waals surface area contributed by atoms with Crippen LogP contribution in [0.2, 0.25) is 0 Å². The summed E-state index contributed by atoms with van der Waals surface area (Å²) in [6, 6.07) is 0.831. The standard InChI is InChI=1S/C9H19NS/c1-4-10-6-9(7-11-3)5-8(10)2/h8-9H,4-7H2,1-3H3. The molecule has 1 saturated heterocycles. The van der Waals surface area contributed by atoms with Crippen molar-refractivity contribution in [2.75, 3.05) is 25.1 Å². The van der Waals surface area contributed by atoms with Crippen LogP contribution in [-0.2, 0) is 0 Å². The van der Waals surface area contributed by atoms with Crippen molar-refractivity contribution in [1.29, 1.82) is 0 Å². The smallest absolute Gasteiger partial charge is 0.00703 e. The van der Waals surface area contributed by atoms with E-state index in [1.165, 1.54) is 25.3 Å². The summed E-state index contributed by atoms with van der Waals surface area (Å²) in [7, 11) is 0. The predicted molar refractivity (Wildman–Crippen MR) is 53.2 cm³/mol. The van der Waals surface area contributed by atoms with Crippen LogP contribution in [0.5, 0.6) is 0 Å². The second-order valence-electron chi connectivity index (χ2n) is 3.49. The lowest BCUT2D eigenvalue weighted by atomic mass is 10.1. The molecule has 1 fully saturated rings. The number of thioether (sulfide) groups is 1. The molecule has 66 valence electrons. The second kappa shape index (κ2) is 4.36. The molecule has 1 nitrogen and oxygen atoms in total. The van der Waals surface area contributed by atoms with Crippen LogP contribution in [0, 0.1) is 5.92 Å². The first-order chi connectivity index (χ1) is 5.27. The van der Waals surface area contributed by atoms with Crippen molar-refractivity contribution in [2.45, 2.75) is 26.3 Å². The minimum atomic E-state index is 0.831. The first-order valence-electron chi connectivity index (χ1n) is 4.51. The van der Waals surface area contributed by atoms with E-state index in [0.29, 0.717) is 0 Å². The quantitative estimate of drug-likeness (QED) is 0.643. The van der Waals surface area contributed by atoms with Gasteiger partial charge in [0, 0.05) is 12.6 Å². The summed E-state index contributed by atoms with van der Waals surface area (Å²) in [6.07, 6.45) is 3.62. The Balaban J connectivity index is 2.30. The Hall–Kier alpha value is 0.310. The maximum Gasteiger partial charge on any atom is 0.00703 e. The molecule has 0 saturated carbocycles. The van der Waals surface area contributed by atoms with Crippen LogP contribution in [0.15, 0.2) is 0 Å². The summed E-state index contributed by atoms with van der Waals surface area (Å²) in [4.78, 5) is 2.58. The van der Waals surface area contributed by atoms with E-state index in [0.717, 1.165) is 12.0 Å². The van der Waals surface area contributed by atoms with E-state index >= 15 is 0 Å². The van der Waals surface area contributed by atoms with Gasteiger partial charge in [-0.05, 0) is 37.8 Å². The lowest BCUT2D eigenvalue weighted by Crippen LogP contribution is -2.26. The summed E-state index contributed by atoms with van der Waals surface area (Å²) in [5.41, 5.74) is 0. The zero-order valence-corrected chi connectivity index (χ0v) is 8.66. The van der Waals surface area contributed by atoms with E-state index in [1.54, 1.807) is 0 Å². The Morgan fingerprint density at radius 2 is 2.27 bits per heavy atom. The second-order valence-corrected chi connectivity index (χ2v) is 4.40. The molecule has 0 N–H and O–H groups in total. The van der Waals surface area contributed by atoms with Gasteiger partial charge in [0.05, 0.1) is 0 Å². The average molecular weight is 173 g/mol. The van der Waals surface area contributed by atoms with E-state index < -0.39 is 0 Å². The Kier molecular flexibility index (Phi) is 3.73. The monoisotopic (exact) mass is 173 g/mol. The van der Waals surface area contributed by atoms with Gasteiger partial charge in [-0.1, -0.05) is 6.92 Å². The molecule has 2 unspecified atom stereocenters. The maximum absolute atomic E-state index is 2.58. The molecule has 1 heterocycles. The van der Waals surface area contributed by atoms with Crippen LogP contribution >= 0.6 is 11.8 Å². The Labute approximate surface area is 74.5 Å². The molecule has 0 radical (unpaired) electrons. The van der Waals surface area contributed by atoms with E-state index in [9.17, 15) is 0 Å². The Morgan fingerprint density at radius 1 is 1.55 bits per heavy atom. The highest BCUT2D eigenvalue weighted by Gasteiger charge is 2.26. The molecule has 1 aliphatic rings. The predicted octanol–water partition coefficient (Wildman–Crippen LogP) is 2.08. The molecule has 1 aliphatic heterocycles. The highest BCUT2D eigenvalue weighted by atomic mass is 32.2. The normalized spacial score (nSPS) is 33.0. The topological polar surface area (TPSA) is 3.24 Å². The highest BCUT2D eigenvalue weighted by molar-refractivity contribution is 7.98. The van der Waals surface area contributed by atoms with Crippen LogP contribution < -0.4 is 0 Å². The molecule has 0 aliphatic carbocycles. The third kappa shape index (κ3) is 2.38. The van der Waals surface area contributed by atoms with Crippen molar-refractivity contribution in [3.8, 4) is 0 Å². The van der Waals surface area contributed by atoms with Crippen LogP contribution in [0.4, 0.5) is 0 Å². The first kappa shape index (κ1) is 9.40. The van der Waals surface area contributed by atoms with E-state index in [2.05, 4.69) is 25.0 Å². The summed E-state index contributed by atoms with van der Waals surface area (Å²) < 4.78 is 0. The van der Waals surface area contributed by atoms with E-state index in [1.807, 2.05) is 11.8 Å². The fraction of sp³-hybridized carbons (Fsp3) is 1.00. The molecule has 0 amide bonds. The zero-order valence-electron chi connectivity index (χ0n) is 7.84. The molecule has 0 aromatic rings. The maximum atomic E-state index is 2.58. The Bertz CT molecular complexity index is 116. The van der Waals surface area contributed by atoms with Gasteiger partial charge < -0.3 is 4.90 Å². The lowest BCUT2D eigenvalue weighted by Gasteiger charge is -2.17. The van der Waals surface area contributed by atoms with Gasteiger partial charge >= 0.3 is 0 Å². The Morgan fingerprint density at radius 3 is 2.73 bits per heavy atom. The molecule has 2 atom stereocenters. The lowest BCUT2D eigenvalue weighted by molar-refractivity contribution is 0.280. The molecule has 0 spiro atoms. The van der Waals surface area contributed by atoms with Crippen LogP contribution in [0.25, 0.3) is 0 Å². The van der Waals surface area contributed by atoms with Gasteiger partial charge in [0.15, 0.2) is 0 Å². The molecule has 0 bridgehead atoms. The van der Waals surface area contributed by atoms with E-state index in [-0.39, 0.29) is 0 Å². The number of hydrogen-bond acceptors (Lipinski definition) is 2. The van der Waals surface area contributed by atoms with Crippen molar-refractivity contribution in [2.24, 2.45) is 5.92 Å². The zero-order chi connectivity index (χ0) is 8.27. The van der Waals surface area contributed by atoms with Gasteiger partial charge in [-0.15, -0.1) is 0 Å². The van der Waals surface area contributed by atoms with Gasteiger partial charge in [0.2, 0.25) is 0 Å². The van der Waals surface area contributed by atoms with Crippen molar-refractivity contribution >= 4 is 11.8 Å². The van der Waals surface area contributed by atoms with Crippen molar-refractivity contribution in [3.63, 3.8) is 0 Å². The average Bonchev–Trinajstić information content (AvgIpc) is 2.32. The summed E-state index contributed by atoms with van der Waals surface area (Å²) in [5, 5.41) is 0. The molecule has 2 heteroatoms. The van der Waals surface area contributed by atoms with E-state index in [4.69, 9.17) is 0 Å². The van der Waals surface area contributed by atoms with Gasteiger partial charge in [0.25, 0.3) is 0 Å². The van der Waals surface area contributed by atoms with Gasteiger partial charge in [-0.25, -0.2) is 0 Å². The van der Waals surface area contributed by atoms with Gasteiger partial charge in [0.1, 0.15) is 0 Å². The largest absolute Gasteiger partial charge is 0.301 e. The third-order valence-corrected chi connectivity index (χ3v) is 3.40. The fourth-order valence-electron chi connectivity index (χ4n) is 2.01. The van der Waals surface area contributed by atoms with Gasteiger partial charge in [-0.2, -0.15) is 11.8 Å². The highest BCUT2D eigenvalue weighted by Crippen LogP contribution is 2.24. The third-order valence-electron chi connectivity index (χ3n) is 2.60. The molecule has 0 aromatic carbocycles. The van der Waals surface area contributed by atoms with Crippen LogP contribution in [0.3, 0.4) is 0 Å². The number of nitrogens with zero attached hydrogens (tertiary/aromatic N) is 1. The molecule has 0 aromatic heterocycles. The van der Waals surface area contributed by atoms with Crippen molar-refractivity contribution in [1.82, 2.24) is 4.90 Å². The van der Waals surface area contributed by atoms with Crippen molar-refractivity contribution in [3.05, 3.63) is 0 Å². The number of rotatable bonds is 3. The fourth-order valence-corrected chi connectivity index (χ4v) is 2.73. The molecule has 1 rings (SSSR count). The minimum Gasteiger partial charge on any atom is -0.301 e. The minimum absolute atomic E-state index is 0.831. The van der Waals surface area contributed by atoms with Crippen LogP contribution in [-0.4, -0.2) is 36.0 Å². The summed E-state index contributed by atoms with van der Waals surface area (Å²) in [6.45, 7) is 7.17. The molecular formula is C9H19NS. The van der Waals surface area contributed by atoms with Gasteiger partial charge in [-0.3, -0.25) is 0 Å². The number of likely N-dealkylation sites (tertiary alicyclic amines) is 1.